The highest BCUT2D eigenvalue weighted by Crippen LogP contribution is 2.15. The van der Waals surface area contributed by atoms with E-state index in [1.54, 1.807) is 11.7 Å². The van der Waals surface area contributed by atoms with E-state index in [4.69, 9.17) is 0 Å². The fraction of sp³-hybridized carbons (Fsp3) is 0.308. The highest BCUT2D eigenvalue weighted by Gasteiger charge is 2.11. The molecule has 3 aromatic rings. The number of aromatic nitrogens is 8. The molecule has 3 rings (SSSR count). The number of aryl methyl sites for hydroxylation is 2. The first-order chi connectivity index (χ1) is 11.6. The number of nitrogens with one attached hydrogen (secondary N) is 2. The molecule has 0 saturated heterocycles. The highest BCUT2D eigenvalue weighted by molar-refractivity contribution is 7.99. The zero-order valence-corrected chi connectivity index (χ0v) is 13.9. The number of H-pyrrole nitrogens is 1. The third kappa shape index (κ3) is 3.93. The number of pyridine rings is 1. The average Bonchev–Trinajstić information content (AvgIpc) is 3.17. The summed E-state index contributed by atoms with van der Waals surface area (Å²) in [5, 5.41) is 21.2. The first-order valence-electron chi connectivity index (χ1n) is 7.13. The van der Waals surface area contributed by atoms with E-state index in [0.717, 1.165) is 5.69 Å². The van der Waals surface area contributed by atoms with E-state index in [9.17, 15) is 4.79 Å². The molecule has 3 heterocycles. The van der Waals surface area contributed by atoms with Gasteiger partial charge in [0.15, 0.2) is 5.82 Å². The average molecular weight is 345 g/mol. The van der Waals surface area contributed by atoms with Gasteiger partial charge in [0.1, 0.15) is 5.69 Å². The van der Waals surface area contributed by atoms with Crippen LogP contribution in [0.15, 0.2) is 23.4 Å². The molecule has 0 unspecified atom stereocenters. The summed E-state index contributed by atoms with van der Waals surface area (Å²) in [4.78, 5) is 20.5. The molecule has 124 valence electrons. The summed E-state index contributed by atoms with van der Waals surface area (Å²) in [6.45, 7) is 1.90. The first-order valence-corrected chi connectivity index (χ1v) is 8.12. The van der Waals surface area contributed by atoms with Gasteiger partial charge in [-0.3, -0.25) is 15.2 Å². The zero-order valence-electron chi connectivity index (χ0n) is 13.1. The molecule has 11 heteroatoms. The lowest BCUT2D eigenvalue weighted by atomic mass is 10.3. The summed E-state index contributed by atoms with van der Waals surface area (Å²) in [6.07, 6.45) is 0.296. The number of carbonyl (C=O) groups is 1. The molecule has 0 fully saturated rings. The molecular formula is C13H15N9OS. The number of hydrogen-bond donors (Lipinski definition) is 2. The lowest BCUT2D eigenvalue weighted by Crippen LogP contribution is -2.13. The number of anilines is 1. The molecule has 24 heavy (non-hydrogen) atoms. The SMILES string of the molecule is Cc1cccc(-c2nc(NC(=O)CCSc3nnnn3C)n[nH]2)n1. The van der Waals surface area contributed by atoms with Crippen LogP contribution in [0.5, 0.6) is 0 Å². The quantitative estimate of drug-likeness (QED) is 0.629. The van der Waals surface area contributed by atoms with Crippen molar-refractivity contribution < 1.29 is 4.79 Å². The van der Waals surface area contributed by atoms with Gasteiger partial charge in [0.25, 0.3) is 0 Å². The molecule has 0 bridgehead atoms. The number of thioether (sulfide) groups is 1. The van der Waals surface area contributed by atoms with Crippen LogP contribution < -0.4 is 5.32 Å². The Hall–Kier alpha value is -2.82. The van der Waals surface area contributed by atoms with Crippen LogP contribution in [0.25, 0.3) is 11.5 Å². The molecule has 1 amide bonds. The maximum absolute atomic E-state index is 11.9. The van der Waals surface area contributed by atoms with Crippen LogP contribution in [0.2, 0.25) is 0 Å². The monoisotopic (exact) mass is 345 g/mol. The molecular weight excluding hydrogens is 330 g/mol. The van der Waals surface area contributed by atoms with E-state index in [0.29, 0.717) is 28.8 Å². The first kappa shape index (κ1) is 16.1. The molecule has 0 spiro atoms. The standard InChI is InChI=1S/C13H15N9OS/c1-8-4-3-5-9(14-8)11-16-12(18-17-11)15-10(23)6-7-24-13-19-20-21-22(13)2/h3-5H,6-7H2,1-2H3,(H2,15,16,17,18,23). The lowest BCUT2D eigenvalue weighted by Gasteiger charge is -2.00. The van der Waals surface area contributed by atoms with Crippen molar-refractivity contribution in [2.45, 2.75) is 18.5 Å². The third-order valence-corrected chi connectivity index (χ3v) is 4.02. The van der Waals surface area contributed by atoms with Crippen LogP contribution in [-0.4, -0.2) is 52.0 Å². The lowest BCUT2D eigenvalue weighted by molar-refractivity contribution is -0.115. The number of hydrogen-bond acceptors (Lipinski definition) is 8. The largest absolute Gasteiger partial charge is 0.293 e. The number of amides is 1. The van der Waals surface area contributed by atoms with Crippen molar-refractivity contribution in [3.8, 4) is 11.5 Å². The van der Waals surface area contributed by atoms with Crippen molar-refractivity contribution in [1.29, 1.82) is 0 Å². The summed E-state index contributed by atoms with van der Waals surface area (Å²) >= 11 is 1.40. The van der Waals surface area contributed by atoms with Crippen LogP contribution in [-0.2, 0) is 11.8 Å². The summed E-state index contributed by atoms with van der Waals surface area (Å²) in [5.41, 5.74) is 1.55. The van der Waals surface area contributed by atoms with E-state index < -0.39 is 0 Å². The van der Waals surface area contributed by atoms with Gasteiger partial charge in [-0.1, -0.05) is 17.8 Å². The van der Waals surface area contributed by atoms with Crippen molar-refractivity contribution in [3.63, 3.8) is 0 Å². The Morgan fingerprint density at radius 2 is 2.25 bits per heavy atom. The predicted octanol–water partition coefficient (Wildman–Crippen LogP) is 0.820. The molecule has 0 aromatic carbocycles. The molecule has 0 aliphatic carbocycles. The van der Waals surface area contributed by atoms with Gasteiger partial charge in [-0.25, -0.2) is 9.67 Å². The Morgan fingerprint density at radius 1 is 1.38 bits per heavy atom. The Kier molecular flexibility index (Phi) is 4.79. The Labute approximate surface area is 141 Å². The number of tetrazole rings is 1. The van der Waals surface area contributed by atoms with Crippen LogP contribution in [0.1, 0.15) is 12.1 Å². The highest BCUT2D eigenvalue weighted by atomic mass is 32.2. The molecule has 0 saturated carbocycles. The number of nitrogens with zero attached hydrogens (tertiary/aromatic N) is 7. The van der Waals surface area contributed by atoms with E-state index >= 15 is 0 Å². The van der Waals surface area contributed by atoms with Gasteiger partial charge >= 0.3 is 0 Å². The minimum atomic E-state index is -0.180. The summed E-state index contributed by atoms with van der Waals surface area (Å²) in [7, 11) is 1.75. The van der Waals surface area contributed by atoms with Crippen molar-refractivity contribution in [3.05, 3.63) is 23.9 Å². The summed E-state index contributed by atoms with van der Waals surface area (Å²) in [6, 6.07) is 5.61. The minimum Gasteiger partial charge on any atom is -0.293 e. The van der Waals surface area contributed by atoms with E-state index in [1.807, 2.05) is 25.1 Å². The molecule has 0 aliphatic heterocycles. The van der Waals surface area contributed by atoms with Crippen molar-refractivity contribution in [1.82, 2.24) is 40.4 Å². The van der Waals surface area contributed by atoms with Gasteiger partial charge in [-0.2, -0.15) is 4.98 Å². The third-order valence-electron chi connectivity index (χ3n) is 3.01. The summed E-state index contributed by atoms with van der Waals surface area (Å²) in [5.74, 6) is 1.11. The van der Waals surface area contributed by atoms with Gasteiger partial charge in [0.05, 0.1) is 0 Å². The van der Waals surface area contributed by atoms with Gasteiger partial charge in [-0.15, -0.1) is 10.2 Å². The van der Waals surface area contributed by atoms with Gasteiger partial charge < -0.3 is 0 Å². The van der Waals surface area contributed by atoms with Crippen LogP contribution in [0.3, 0.4) is 0 Å². The molecule has 2 N–H and O–H groups in total. The van der Waals surface area contributed by atoms with Gasteiger partial charge in [0, 0.05) is 24.9 Å². The molecule has 0 aliphatic rings. The molecule has 0 radical (unpaired) electrons. The second kappa shape index (κ2) is 7.17. The number of aromatic amines is 1. The topological polar surface area (TPSA) is 127 Å². The predicted molar refractivity (Wildman–Crippen MR) is 87.1 cm³/mol. The number of carbonyl (C=O) groups excluding carboxylic acids is 1. The Balaban J connectivity index is 1.53. The molecule has 3 aromatic heterocycles. The van der Waals surface area contributed by atoms with Gasteiger partial charge in [-0.05, 0) is 29.5 Å². The maximum Gasteiger partial charge on any atom is 0.249 e. The second-order valence-electron chi connectivity index (χ2n) is 4.90. The van der Waals surface area contributed by atoms with E-state index in [-0.39, 0.29) is 11.9 Å². The van der Waals surface area contributed by atoms with Crippen molar-refractivity contribution in [2.75, 3.05) is 11.1 Å². The maximum atomic E-state index is 11.9. The zero-order chi connectivity index (χ0) is 16.9. The molecule has 10 nitrogen and oxygen atoms in total. The van der Waals surface area contributed by atoms with E-state index in [2.05, 4.69) is 41.0 Å². The molecule has 0 atom stereocenters. The van der Waals surface area contributed by atoms with E-state index in [1.165, 1.54) is 11.8 Å². The second-order valence-corrected chi connectivity index (χ2v) is 5.97. The minimum absolute atomic E-state index is 0.180. The van der Waals surface area contributed by atoms with Crippen LogP contribution in [0, 0.1) is 6.92 Å². The number of rotatable bonds is 6. The van der Waals surface area contributed by atoms with Crippen LogP contribution >= 0.6 is 11.8 Å². The smallest absolute Gasteiger partial charge is 0.249 e. The Bertz CT molecular complexity index is 843. The normalized spacial score (nSPS) is 10.8. The van der Waals surface area contributed by atoms with Gasteiger partial charge in [0.2, 0.25) is 17.0 Å². The fourth-order valence-electron chi connectivity index (χ4n) is 1.87. The van der Waals surface area contributed by atoms with Crippen molar-refractivity contribution >= 4 is 23.6 Å². The summed E-state index contributed by atoms with van der Waals surface area (Å²) < 4.78 is 1.55. The van der Waals surface area contributed by atoms with Crippen LogP contribution in [0.4, 0.5) is 5.95 Å². The fourth-order valence-corrected chi connectivity index (χ4v) is 2.66. The Morgan fingerprint density at radius 3 is 3.00 bits per heavy atom. The van der Waals surface area contributed by atoms with Crippen molar-refractivity contribution in [2.24, 2.45) is 7.05 Å².